The second-order valence-corrected chi connectivity index (χ2v) is 4.45. The largest absolute Gasteiger partial charge is 0.381 e. The van der Waals surface area contributed by atoms with Gasteiger partial charge in [-0.05, 0) is 18.1 Å². The summed E-state index contributed by atoms with van der Waals surface area (Å²) in [5.74, 6) is 0. The summed E-state index contributed by atoms with van der Waals surface area (Å²) in [5.41, 5.74) is 4.19. The molecule has 2 heteroatoms. The van der Waals surface area contributed by atoms with Gasteiger partial charge in [-0.25, -0.2) is 0 Å². The number of aryl methyl sites for hydroxylation is 1. The third-order valence-corrected chi connectivity index (χ3v) is 3.18. The van der Waals surface area contributed by atoms with Crippen LogP contribution in [0.15, 0.2) is 72.3 Å². The highest BCUT2D eigenvalue weighted by molar-refractivity contribution is 7.84. The SMILES string of the molecule is C=C/C(S)=C(\C=C)C(=C)NCc1ccccc1C. The molecule has 94 valence electrons. The maximum Gasteiger partial charge on any atom is 0.0403 e. The van der Waals surface area contributed by atoms with Gasteiger partial charge in [0.05, 0.1) is 0 Å². The molecule has 0 bridgehead atoms. The zero-order valence-corrected chi connectivity index (χ0v) is 11.6. The number of rotatable bonds is 6. The van der Waals surface area contributed by atoms with Crippen molar-refractivity contribution in [2.24, 2.45) is 0 Å². The van der Waals surface area contributed by atoms with E-state index in [1.807, 2.05) is 12.1 Å². The molecule has 0 unspecified atom stereocenters. The van der Waals surface area contributed by atoms with Gasteiger partial charge in [-0.1, -0.05) is 56.2 Å². The van der Waals surface area contributed by atoms with Crippen LogP contribution in [0, 0.1) is 6.92 Å². The first kappa shape index (κ1) is 14.4. The van der Waals surface area contributed by atoms with Crippen LogP contribution in [0.3, 0.4) is 0 Å². The first-order valence-electron chi connectivity index (χ1n) is 5.76. The monoisotopic (exact) mass is 257 g/mol. The second-order valence-electron chi connectivity index (χ2n) is 3.97. The van der Waals surface area contributed by atoms with Crippen LogP contribution in [0.1, 0.15) is 11.1 Å². The van der Waals surface area contributed by atoms with Crippen molar-refractivity contribution in [2.75, 3.05) is 0 Å². The second kappa shape index (κ2) is 6.92. The van der Waals surface area contributed by atoms with Crippen molar-refractivity contribution in [3.05, 3.63) is 83.5 Å². The van der Waals surface area contributed by atoms with E-state index in [1.165, 1.54) is 11.1 Å². The summed E-state index contributed by atoms with van der Waals surface area (Å²) < 4.78 is 0. The molecule has 0 aliphatic carbocycles. The number of nitrogens with one attached hydrogen (secondary N) is 1. The topological polar surface area (TPSA) is 12.0 Å². The van der Waals surface area contributed by atoms with Gasteiger partial charge in [0.25, 0.3) is 0 Å². The highest BCUT2D eigenvalue weighted by Gasteiger charge is 2.03. The van der Waals surface area contributed by atoms with E-state index in [-0.39, 0.29) is 0 Å². The Morgan fingerprint density at radius 3 is 2.50 bits per heavy atom. The summed E-state index contributed by atoms with van der Waals surface area (Å²) in [6, 6.07) is 8.26. The van der Waals surface area contributed by atoms with Gasteiger partial charge >= 0.3 is 0 Å². The fourth-order valence-corrected chi connectivity index (χ4v) is 1.82. The maximum absolute atomic E-state index is 4.33. The predicted molar refractivity (Wildman–Crippen MR) is 83.6 cm³/mol. The lowest BCUT2D eigenvalue weighted by Gasteiger charge is -2.13. The summed E-state index contributed by atoms with van der Waals surface area (Å²) in [7, 11) is 0. The Morgan fingerprint density at radius 2 is 1.94 bits per heavy atom. The number of allylic oxidation sites excluding steroid dienone is 2. The fraction of sp³-hybridized carbons (Fsp3) is 0.125. The molecule has 0 saturated carbocycles. The predicted octanol–water partition coefficient (Wildman–Crippen LogP) is 4.15. The average molecular weight is 257 g/mol. The summed E-state index contributed by atoms with van der Waals surface area (Å²) in [6.07, 6.45) is 3.41. The molecule has 0 amide bonds. The minimum atomic E-state index is 0.737. The van der Waals surface area contributed by atoms with Gasteiger partial charge in [-0.2, -0.15) is 0 Å². The molecule has 1 nitrogen and oxygen atoms in total. The molecule has 0 radical (unpaired) electrons. The van der Waals surface area contributed by atoms with Crippen molar-refractivity contribution in [2.45, 2.75) is 13.5 Å². The van der Waals surface area contributed by atoms with Crippen molar-refractivity contribution in [1.82, 2.24) is 5.32 Å². The van der Waals surface area contributed by atoms with Crippen LogP contribution >= 0.6 is 12.6 Å². The molecule has 18 heavy (non-hydrogen) atoms. The van der Waals surface area contributed by atoms with E-state index in [1.54, 1.807) is 12.2 Å². The third kappa shape index (κ3) is 3.67. The molecule has 0 spiro atoms. The van der Waals surface area contributed by atoms with Crippen LogP contribution < -0.4 is 5.32 Å². The van der Waals surface area contributed by atoms with Crippen LogP contribution in [-0.2, 0) is 6.54 Å². The molecule has 0 saturated heterocycles. The zero-order valence-electron chi connectivity index (χ0n) is 10.7. The molecular formula is C16H19NS. The molecule has 0 aliphatic rings. The fourth-order valence-electron chi connectivity index (χ4n) is 1.60. The van der Waals surface area contributed by atoms with Crippen LogP contribution in [-0.4, -0.2) is 0 Å². The lowest BCUT2D eigenvalue weighted by molar-refractivity contribution is 0.822. The summed E-state index contributed by atoms with van der Waals surface area (Å²) >= 11 is 4.33. The van der Waals surface area contributed by atoms with Crippen molar-refractivity contribution < 1.29 is 0 Å². The third-order valence-electron chi connectivity index (χ3n) is 2.75. The molecule has 1 rings (SSSR count). The van der Waals surface area contributed by atoms with Gasteiger partial charge in [0.1, 0.15) is 0 Å². The minimum Gasteiger partial charge on any atom is -0.381 e. The normalized spacial score (nSPS) is 11.4. The molecule has 0 aliphatic heterocycles. The van der Waals surface area contributed by atoms with Crippen LogP contribution in [0.25, 0.3) is 0 Å². The van der Waals surface area contributed by atoms with E-state index < -0.39 is 0 Å². The molecule has 1 aromatic rings. The molecule has 1 aromatic carbocycles. The lowest BCUT2D eigenvalue weighted by atomic mass is 10.1. The van der Waals surface area contributed by atoms with Crippen molar-refractivity contribution in [3.8, 4) is 0 Å². The van der Waals surface area contributed by atoms with E-state index in [4.69, 9.17) is 0 Å². The smallest absolute Gasteiger partial charge is 0.0403 e. The van der Waals surface area contributed by atoms with E-state index in [0.717, 1.165) is 22.7 Å². The Morgan fingerprint density at radius 1 is 1.28 bits per heavy atom. The highest BCUT2D eigenvalue weighted by atomic mass is 32.1. The molecule has 1 N–H and O–H groups in total. The van der Waals surface area contributed by atoms with E-state index in [9.17, 15) is 0 Å². The van der Waals surface area contributed by atoms with Gasteiger partial charge in [0, 0.05) is 22.7 Å². The Labute approximate surface area is 115 Å². The number of hydrogen-bond donors (Lipinski definition) is 2. The van der Waals surface area contributed by atoms with E-state index in [2.05, 4.69) is 56.7 Å². The quantitative estimate of drug-likeness (QED) is 0.576. The van der Waals surface area contributed by atoms with Gasteiger partial charge in [-0.15, -0.1) is 12.6 Å². The molecule has 0 fully saturated rings. The number of benzene rings is 1. The first-order valence-corrected chi connectivity index (χ1v) is 6.20. The Balaban J connectivity index is 2.75. The van der Waals surface area contributed by atoms with Gasteiger partial charge in [0.15, 0.2) is 0 Å². The molecule has 0 heterocycles. The Kier molecular flexibility index (Phi) is 5.53. The van der Waals surface area contributed by atoms with Crippen LogP contribution in [0.4, 0.5) is 0 Å². The zero-order chi connectivity index (χ0) is 13.5. The van der Waals surface area contributed by atoms with Crippen LogP contribution in [0.5, 0.6) is 0 Å². The standard InChI is InChI=1S/C16H19NS/c1-5-15(16(18)6-2)13(4)17-11-14-10-8-7-9-12(14)3/h5-10,17-18H,1-2,4,11H2,3H3/b16-15-. The summed E-state index contributed by atoms with van der Waals surface area (Å²) in [5, 5.41) is 3.29. The average Bonchev–Trinajstić information content (AvgIpc) is 2.38. The number of thiol groups is 1. The Hall–Kier alpha value is -1.67. The maximum atomic E-state index is 4.33. The van der Waals surface area contributed by atoms with Crippen LogP contribution in [0.2, 0.25) is 0 Å². The van der Waals surface area contributed by atoms with E-state index in [0.29, 0.717) is 0 Å². The summed E-state index contributed by atoms with van der Waals surface area (Å²) in [6.45, 7) is 14.3. The van der Waals surface area contributed by atoms with Gasteiger partial charge in [-0.3, -0.25) is 0 Å². The summed E-state index contributed by atoms with van der Waals surface area (Å²) in [4.78, 5) is 0.771. The molecular weight excluding hydrogens is 238 g/mol. The van der Waals surface area contributed by atoms with E-state index >= 15 is 0 Å². The number of hydrogen-bond acceptors (Lipinski definition) is 2. The van der Waals surface area contributed by atoms with Crippen molar-refractivity contribution in [3.63, 3.8) is 0 Å². The molecule has 0 atom stereocenters. The molecule has 0 aromatic heterocycles. The van der Waals surface area contributed by atoms with Crippen molar-refractivity contribution >= 4 is 12.6 Å². The minimum absolute atomic E-state index is 0.737. The first-order chi connectivity index (χ1) is 8.60. The van der Waals surface area contributed by atoms with Gasteiger partial charge in [0.2, 0.25) is 0 Å². The van der Waals surface area contributed by atoms with Crippen molar-refractivity contribution in [1.29, 1.82) is 0 Å². The Bertz CT molecular complexity index is 498. The van der Waals surface area contributed by atoms with Gasteiger partial charge < -0.3 is 5.32 Å². The highest BCUT2D eigenvalue weighted by Crippen LogP contribution is 2.17. The lowest BCUT2D eigenvalue weighted by Crippen LogP contribution is -2.14.